The van der Waals surface area contributed by atoms with Gasteiger partial charge < -0.3 is 15.7 Å². The van der Waals surface area contributed by atoms with E-state index in [1.807, 2.05) is 6.92 Å². The molecule has 0 heterocycles. The van der Waals surface area contributed by atoms with Gasteiger partial charge in [0.1, 0.15) is 0 Å². The molecule has 0 aliphatic carbocycles. The quantitative estimate of drug-likeness (QED) is 0.526. The predicted molar refractivity (Wildman–Crippen MR) is 75.6 cm³/mol. The van der Waals surface area contributed by atoms with Crippen molar-refractivity contribution in [3.63, 3.8) is 0 Å². The van der Waals surface area contributed by atoms with Gasteiger partial charge in [0.15, 0.2) is 0 Å². The minimum absolute atomic E-state index is 0.0232. The number of urea groups is 1. The molecule has 20 heavy (non-hydrogen) atoms. The number of nitrogens with one attached hydrogen (secondary N) is 2. The van der Waals surface area contributed by atoms with Crippen LogP contribution in [-0.2, 0) is 0 Å². The average molecular weight is 281 g/mol. The third kappa shape index (κ3) is 5.23. The summed E-state index contributed by atoms with van der Waals surface area (Å²) in [5.74, 6) is 0.239. The molecule has 0 fully saturated rings. The van der Waals surface area contributed by atoms with Crippen molar-refractivity contribution in [1.82, 2.24) is 5.32 Å². The molecule has 7 heteroatoms. The van der Waals surface area contributed by atoms with E-state index in [-0.39, 0.29) is 24.2 Å². The molecule has 1 atom stereocenters. The van der Waals surface area contributed by atoms with Crippen LogP contribution in [0.5, 0.6) is 0 Å². The number of nitrogens with zero attached hydrogens (tertiary/aromatic N) is 1. The number of anilines is 1. The van der Waals surface area contributed by atoms with Crippen LogP contribution in [0, 0.1) is 16.0 Å². The highest BCUT2D eigenvalue weighted by Crippen LogP contribution is 2.15. The number of hydrogen-bond donors (Lipinski definition) is 3. The molecule has 110 valence electrons. The summed E-state index contributed by atoms with van der Waals surface area (Å²) in [6.45, 7) is 2.58. The summed E-state index contributed by atoms with van der Waals surface area (Å²) in [7, 11) is 0. The maximum atomic E-state index is 11.6. The van der Waals surface area contributed by atoms with Crippen LogP contribution in [0.4, 0.5) is 16.2 Å². The van der Waals surface area contributed by atoms with Crippen LogP contribution in [0.25, 0.3) is 0 Å². The van der Waals surface area contributed by atoms with Crippen molar-refractivity contribution in [3.05, 3.63) is 34.4 Å². The molecule has 0 aliphatic rings. The molecule has 0 saturated heterocycles. The SMILES string of the molecule is CCC(CCO)CNC(=O)Nc1ccc([N+](=O)[O-])cc1. The van der Waals surface area contributed by atoms with Gasteiger partial charge in [0.05, 0.1) is 4.92 Å². The molecule has 7 nitrogen and oxygen atoms in total. The van der Waals surface area contributed by atoms with Gasteiger partial charge in [-0.25, -0.2) is 4.79 Å². The Labute approximate surface area is 117 Å². The highest BCUT2D eigenvalue weighted by Gasteiger charge is 2.09. The van der Waals surface area contributed by atoms with E-state index in [1.54, 1.807) is 0 Å². The Balaban J connectivity index is 2.43. The van der Waals surface area contributed by atoms with E-state index in [1.165, 1.54) is 24.3 Å². The topological polar surface area (TPSA) is 104 Å². The second kappa shape index (κ2) is 8.11. The van der Waals surface area contributed by atoms with Crippen molar-refractivity contribution in [2.45, 2.75) is 19.8 Å². The average Bonchev–Trinajstić information content (AvgIpc) is 2.44. The molecule has 0 saturated carbocycles. The molecule has 0 aliphatic heterocycles. The second-order valence-corrected chi connectivity index (χ2v) is 4.43. The van der Waals surface area contributed by atoms with Gasteiger partial charge >= 0.3 is 6.03 Å². The van der Waals surface area contributed by atoms with E-state index >= 15 is 0 Å². The summed E-state index contributed by atoms with van der Waals surface area (Å²) >= 11 is 0. The number of hydrogen-bond acceptors (Lipinski definition) is 4. The normalized spacial score (nSPS) is 11.7. The summed E-state index contributed by atoms with van der Waals surface area (Å²) in [6, 6.07) is 5.24. The Morgan fingerprint density at radius 1 is 1.40 bits per heavy atom. The fourth-order valence-corrected chi connectivity index (χ4v) is 1.71. The van der Waals surface area contributed by atoms with Crippen LogP contribution in [0.3, 0.4) is 0 Å². The van der Waals surface area contributed by atoms with Crippen LogP contribution in [0.15, 0.2) is 24.3 Å². The third-order valence-corrected chi connectivity index (χ3v) is 3.00. The lowest BCUT2D eigenvalue weighted by Gasteiger charge is -2.14. The molecule has 1 aromatic carbocycles. The molecular weight excluding hydrogens is 262 g/mol. The molecule has 1 aromatic rings. The predicted octanol–water partition coefficient (Wildman–Crippen LogP) is 2.12. The smallest absolute Gasteiger partial charge is 0.319 e. The number of non-ortho nitro benzene ring substituents is 1. The molecule has 0 radical (unpaired) electrons. The standard InChI is InChI=1S/C13H19N3O4/c1-2-10(7-8-17)9-14-13(18)15-11-3-5-12(6-4-11)16(19)20/h3-6,10,17H,2,7-9H2,1H3,(H2,14,15,18). The zero-order valence-corrected chi connectivity index (χ0v) is 11.3. The number of aliphatic hydroxyl groups excluding tert-OH is 1. The van der Waals surface area contributed by atoms with Gasteiger partial charge in [-0.1, -0.05) is 13.3 Å². The molecule has 1 rings (SSSR count). The number of rotatable bonds is 7. The molecule has 0 bridgehead atoms. The number of carbonyl (C=O) groups excluding carboxylic acids is 1. The Morgan fingerprint density at radius 2 is 2.05 bits per heavy atom. The van der Waals surface area contributed by atoms with E-state index < -0.39 is 4.92 Å². The van der Waals surface area contributed by atoms with Gasteiger partial charge in [-0.3, -0.25) is 10.1 Å². The lowest BCUT2D eigenvalue weighted by atomic mass is 10.0. The first-order valence-corrected chi connectivity index (χ1v) is 6.47. The van der Waals surface area contributed by atoms with E-state index in [0.717, 1.165) is 6.42 Å². The maximum Gasteiger partial charge on any atom is 0.319 e. The summed E-state index contributed by atoms with van der Waals surface area (Å²) in [6.07, 6.45) is 1.52. The number of benzene rings is 1. The van der Waals surface area contributed by atoms with Gasteiger partial charge in [-0.2, -0.15) is 0 Å². The maximum absolute atomic E-state index is 11.6. The lowest BCUT2D eigenvalue weighted by Crippen LogP contribution is -2.33. The van der Waals surface area contributed by atoms with Crippen LogP contribution < -0.4 is 10.6 Å². The Morgan fingerprint density at radius 3 is 2.55 bits per heavy atom. The van der Waals surface area contributed by atoms with Crippen molar-refractivity contribution in [3.8, 4) is 0 Å². The van der Waals surface area contributed by atoms with Gasteiger partial charge in [0.2, 0.25) is 0 Å². The van der Waals surface area contributed by atoms with E-state index in [0.29, 0.717) is 18.7 Å². The zero-order chi connectivity index (χ0) is 15.0. The molecule has 2 amide bonds. The molecule has 0 aromatic heterocycles. The number of aliphatic hydroxyl groups is 1. The number of carbonyl (C=O) groups is 1. The summed E-state index contributed by atoms with van der Waals surface area (Å²) in [5.41, 5.74) is 0.466. The first-order valence-electron chi connectivity index (χ1n) is 6.47. The van der Waals surface area contributed by atoms with Crippen molar-refractivity contribution in [2.75, 3.05) is 18.5 Å². The number of amides is 2. The monoisotopic (exact) mass is 281 g/mol. The first kappa shape index (κ1) is 15.9. The first-order chi connectivity index (χ1) is 9.56. The fourth-order valence-electron chi connectivity index (χ4n) is 1.71. The van der Waals surface area contributed by atoms with E-state index in [4.69, 9.17) is 5.11 Å². The Kier molecular flexibility index (Phi) is 6.45. The van der Waals surface area contributed by atoms with Crippen molar-refractivity contribution < 1.29 is 14.8 Å². The van der Waals surface area contributed by atoms with Crippen molar-refractivity contribution in [2.24, 2.45) is 5.92 Å². The lowest BCUT2D eigenvalue weighted by molar-refractivity contribution is -0.384. The molecule has 1 unspecified atom stereocenters. The highest BCUT2D eigenvalue weighted by molar-refractivity contribution is 5.89. The summed E-state index contributed by atoms with van der Waals surface area (Å²) in [5, 5.41) is 24.7. The Hall–Kier alpha value is -2.15. The van der Waals surface area contributed by atoms with E-state index in [2.05, 4.69) is 10.6 Å². The Bertz CT molecular complexity index is 447. The zero-order valence-electron chi connectivity index (χ0n) is 11.3. The van der Waals surface area contributed by atoms with E-state index in [9.17, 15) is 14.9 Å². The highest BCUT2D eigenvalue weighted by atomic mass is 16.6. The molecule has 0 spiro atoms. The second-order valence-electron chi connectivity index (χ2n) is 4.43. The van der Waals surface area contributed by atoms with Gasteiger partial charge in [0, 0.05) is 31.0 Å². The van der Waals surface area contributed by atoms with Crippen LogP contribution in [0.1, 0.15) is 19.8 Å². The molecular formula is C13H19N3O4. The fraction of sp³-hybridized carbons (Fsp3) is 0.462. The third-order valence-electron chi connectivity index (χ3n) is 3.00. The summed E-state index contributed by atoms with van der Waals surface area (Å²) < 4.78 is 0. The van der Waals surface area contributed by atoms with Crippen LogP contribution in [-0.4, -0.2) is 29.2 Å². The van der Waals surface area contributed by atoms with Gasteiger partial charge in [0.25, 0.3) is 5.69 Å². The molecule has 3 N–H and O–H groups in total. The largest absolute Gasteiger partial charge is 0.396 e. The minimum Gasteiger partial charge on any atom is -0.396 e. The number of nitro groups is 1. The minimum atomic E-state index is -0.495. The van der Waals surface area contributed by atoms with Crippen LogP contribution >= 0.6 is 0 Å². The number of nitro benzene ring substituents is 1. The van der Waals surface area contributed by atoms with Crippen LogP contribution in [0.2, 0.25) is 0 Å². The van der Waals surface area contributed by atoms with Crippen molar-refractivity contribution >= 4 is 17.4 Å². The summed E-state index contributed by atoms with van der Waals surface area (Å²) in [4.78, 5) is 21.6. The van der Waals surface area contributed by atoms with Gasteiger partial charge in [-0.15, -0.1) is 0 Å². The van der Waals surface area contributed by atoms with Gasteiger partial charge in [-0.05, 0) is 24.5 Å². The van der Waals surface area contributed by atoms with Crippen molar-refractivity contribution in [1.29, 1.82) is 0 Å².